The lowest BCUT2D eigenvalue weighted by Crippen LogP contribution is -1.98. The van der Waals surface area contributed by atoms with E-state index in [0.717, 1.165) is 27.8 Å². The third-order valence-corrected chi connectivity index (χ3v) is 4.54. The average Bonchev–Trinajstić information content (AvgIpc) is 3.01. The molecule has 0 radical (unpaired) electrons. The van der Waals surface area contributed by atoms with Crippen molar-refractivity contribution in [1.82, 2.24) is 9.97 Å². The van der Waals surface area contributed by atoms with Gasteiger partial charge in [-0.25, -0.2) is 9.78 Å². The summed E-state index contributed by atoms with van der Waals surface area (Å²) in [7, 11) is 0. The molecule has 0 saturated carbocycles. The van der Waals surface area contributed by atoms with Crippen LogP contribution in [0.15, 0.2) is 60.7 Å². The van der Waals surface area contributed by atoms with Crippen molar-refractivity contribution in [3.8, 4) is 22.3 Å². The van der Waals surface area contributed by atoms with Crippen molar-refractivity contribution in [2.24, 2.45) is 0 Å². The lowest BCUT2D eigenvalue weighted by atomic mass is 9.98. The maximum Gasteiger partial charge on any atom is 0.337 e. The number of nitrogens with one attached hydrogen (secondary N) is 1. The van der Waals surface area contributed by atoms with E-state index in [4.69, 9.17) is 0 Å². The number of fused-ring (bicyclic) bond motifs is 1. The Balaban J connectivity index is 1.77. The Kier molecular flexibility index (Phi) is 3.81. The lowest BCUT2D eigenvalue weighted by Gasteiger charge is -2.07. The smallest absolute Gasteiger partial charge is 0.337 e. The molecule has 0 atom stereocenters. The third kappa shape index (κ3) is 2.86. The van der Waals surface area contributed by atoms with Crippen molar-refractivity contribution in [1.29, 1.82) is 0 Å². The molecule has 4 rings (SSSR count). The van der Waals surface area contributed by atoms with E-state index in [-0.39, 0.29) is 5.56 Å². The van der Waals surface area contributed by atoms with Gasteiger partial charge < -0.3 is 10.1 Å². The molecule has 4 heteroatoms. The number of imidazole rings is 1. The van der Waals surface area contributed by atoms with Gasteiger partial charge in [-0.2, -0.15) is 0 Å². The molecule has 1 aromatic heterocycles. The van der Waals surface area contributed by atoms with Crippen LogP contribution in [0.5, 0.6) is 0 Å². The molecule has 4 aromatic rings. The van der Waals surface area contributed by atoms with Gasteiger partial charge in [0.15, 0.2) is 0 Å². The maximum absolute atomic E-state index is 11.6. The van der Waals surface area contributed by atoms with Crippen LogP contribution in [0.4, 0.5) is 0 Å². The van der Waals surface area contributed by atoms with Gasteiger partial charge >= 0.3 is 5.97 Å². The van der Waals surface area contributed by atoms with Crippen molar-refractivity contribution in [2.75, 3.05) is 0 Å². The standard InChI is InChI=1S/C22H18N2O2/c1-13-3-5-15(6-4-13)16-7-9-17(10-8-16)18-11-19(22(25)26)21-20(12-18)23-14(2)24-21/h3-12H,1-2H3,(H,23,24)(H,25,26). The number of nitrogens with zero attached hydrogens (tertiary/aromatic N) is 1. The highest BCUT2D eigenvalue weighted by molar-refractivity contribution is 6.03. The fraction of sp³-hybridized carbons (Fsp3) is 0.0909. The minimum atomic E-state index is -0.973. The topological polar surface area (TPSA) is 66.0 Å². The summed E-state index contributed by atoms with van der Waals surface area (Å²) in [4.78, 5) is 19.0. The van der Waals surface area contributed by atoms with Gasteiger partial charge in [-0.1, -0.05) is 54.1 Å². The van der Waals surface area contributed by atoms with Crippen LogP contribution in [0, 0.1) is 13.8 Å². The van der Waals surface area contributed by atoms with Crippen LogP contribution in [0.1, 0.15) is 21.7 Å². The molecule has 0 bridgehead atoms. The first-order valence-corrected chi connectivity index (χ1v) is 8.42. The number of aromatic carboxylic acids is 1. The molecular formula is C22H18N2O2. The van der Waals surface area contributed by atoms with Crippen LogP contribution in [0.25, 0.3) is 33.3 Å². The Morgan fingerprint density at radius 1 is 0.846 bits per heavy atom. The minimum absolute atomic E-state index is 0.212. The molecule has 0 spiro atoms. The van der Waals surface area contributed by atoms with E-state index in [1.807, 2.05) is 25.1 Å². The molecule has 0 saturated heterocycles. The zero-order valence-corrected chi connectivity index (χ0v) is 14.6. The summed E-state index contributed by atoms with van der Waals surface area (Å²) in [5, 5.41) is 9.52. The van der Waals surface area contributed by atoms with E-state index in [2.05, 4.69) is 53.3 Å². The normalized spacial score (nSPS) is 11.0. The molecule has 26 heavy (non-hydrogen) atoms. The Morgan fingerprint density at radius 2 is 1.38 bits per heavy atom. The number of hydrogen-bond donors (Lipinski definition) is 2. The minimum Gasteiger partial charge on any atom is -0.478 e. The molecule has 128 valence electrons. The summed E-state index contributed by atoms with van der Waals surface area (Å²) >= 11 is 0. The van der Waals surface area contributed by atoms with Crippen molar-refractivity contribution >= 4 is 17.0 Å². The van der Waals surface area contributed by atoms with Gasteiger partial charge in [-0.05, 0) is 48.2 Å². The third-order valence-electron chi connectivity index (χ3n) is 4.54. The lowest BCUT2D eigenvalue weighted by molar-refractivity contribution is 0.0699. The highest BCUT2D eigenvalue weighted by Crippen LogP contribution is 2.29. The molecule has 4 nitrogen and oxygen atoms in total. The zero-order chi connectivity index (χ0) is 18.3. The predicted octanol–water partition coefficient (Wildman–Crippen LogP) is 5.21. The SMILES string of the molecule is Cc1ccc(-c2ccc(-c3cc(C(=O)O)c4nc(C)[nH]c4c3)cc2)cc1. The average molecular weight is 342 g/mol. The number of H-pyrrole nitrogens is 1. The van der Waals surface area contributed by atoms with Gasteiger partial charge in [0.2, 0.25) is 0 Å². The van der Waals surface area contributed by atoms with Gasteiger partial charge in [0.25, 0.3) is 0 Å². The fourth-order valence-corrected chi connectivity index (χ4v) is 3.17. The van der Waals surface area contributed by atoms with Crippen LogP contribution in [-0.2, 0) is 0 Å². The summed E-state index contributed by atoms with van der Waals surface area (Å²) in [6, 6.07) is 20.2. The second-order valence-electron chi connectivity index (χ2n) is 6.49. The molecule has 0 amide bonds. The van der Waals surface area contributed by atoms with E-state index in [9.17, 15) is 9.90 Å². The van der Waals surface area contributed by atoms with Gasteiger partial charge in [0, 0.05) is 0 Å². The van der Waals surface area contributed by atoms with Gasteiger partial charge in [0.05, 0.1) is 11.1 Å². The quantitative estimate of drug-likeness (QED) is 0.537. The van der Waals surface area contributed by atoms with E-state index in [1.165, 1.54) is 5.56 Å². The Hall–Kier alpha value is -3.40. The predicted molar refractivity (Wildman–Crippen MR) is 103 cm³/mol. The Bertz CT molecular complexity index is 1110. The summed E-state index contributed by atoms with van der Waals surface area (Å²) in [5.41, 5.74) is 6.79. The van der Waals surface area contributed by atoms with Crippen LogP contribution in [0.2, 0.25) is 0 Å². The van der Waals surface area contributed by atoms with Crippen LogP contribution < -0.4 is 0 Å². The van der Waals surface area contributed by atoms with Crippen molar-refractivity contribution in [3.05, 3.63) is 77.6 Å². The molecule has 0 unspecified atom stereocenters. The summed E-state index contributed by atoms with van der Waals surface area (Å²) in [6.45, 7) is 3.89. The van der Waals surface area contributed by atoms with Crippen LogP contribution in [0.3, 0.4) is 0 Å². The Morgan fingerprint density at radius 3 is 1.96 bits per heavy atom. The second-order valence-corrected chi connectivity index (χ2v) is 6.49. The first-order valence-electron chi connectivity index (χ1n) is 8.42. The molecule has 2 N–H and O–H groups in total. The molecule has 1 heterocycles. The van der Waals surface area contributed by atoms with E-state index < -0.39 is 5.97 Å². The number of hydrogen-bond acceptors (Lipinski definition) is 2. The van der Waals surface area contributed by atoms with Crippen molar-refractivity contribution < 1.29 is 9.90 Å². The molecule has 0 fully saturated rings. The number of aromatic amines is 1. The van der Waals surface area contributed by atoms with Gasteiger partial charge in [-0.3, -0.25) is 0 Å². The second kappa shape index (κ2) is 6.15. The molecule has 0 aliphatic heterocycles. The first kappa shape index (κ1) is 16.1. The monoisotopic (exact) mass is 342 g/mol. The molecule has 0 aliphatic rings. The number of aryl methyl sites for hydroxylation is 2. The maximum atomic E-state index is 11.6. The number of rotatable bonds is 3. The number of carboxylic acid groups (broad SMARTS) is 1. The van der Waals surface area contributed by atoms with Gasteiger partial charge in [0.1, 0.15) is 11.3 Å². The summed E-state index contributed by atoms with van der Waals surface area (Å²) in [5.74, 6) is -0.269. The number of carbonyl (C=O) groups is 1. The first-order chi connectivity index (χ1) is 12.5. The van der Waals surface area contributed by atoms with E-state index in [0.29, 0.717) is 11.3 Å². The fourth-order valence-electron chi connectivity index (χ4n) is 3.17. The molecule has 3 aromatic carbocycles. The number of carboxylic acids is 1. The number of benzene rings is 3. The zero-order valence-electron chi connectivity index (χ0n) is 14.6. The van der Waals surface area contributed by atoms with Crippen molar-refractivity contribution in [2.45, 2.75) is 13.8 Å². The van der Waals surface area contributed by atoms with Crippen LogP contribution >= 0.6 is 0 Å². The largest absolute Gasteiger partial charge is 0.478 e. The van der Waals surface area contributed by atoms with Crippen LogP contribution in [-0.4, -0.2) is 21.0 Å². The van der Waals surface area contributed by atoms with Gasteiger partial charge in [-0.15, -0.1) is 0 Å². The van der Waals surface area contributed by atoms with Crippen molar-refractivity contribution in [3.63, 3.8) is 0 Å². The van der Waals surface area contributed by atoms with E-state index in [1.54, 1.807) is 6.07 Å². The summed E-state index contributed by atoms with van der Waals surface area (Å²) < 4.78 is 0. The molecular weight excluding hydrogens is 324 g/mol. The Labute approximate surface area is 151 Å². The number of aromatic nitrogens is 2. The van der Waals surface area contributed by atoms with E-state index >= 15 is 0 Å². The summed E-state index contributed by atoms with van der Waals surface area (Å²) in [6.07, 6.45) is 0. The highest BCUT2D eigenvalue weighted by atomic mass is 16.4. The molecule has 0 aliphatic carbocycles. The highest BCUT2D eigenvalue weighted by Gasteiger charge is 2.14.